The second-order valence-corrected chi connectivity index (χ2v) is 5.26. The Kier molecular flexibility index (Phi) is 5.10. The number of alkyl halides is 3. The number of nitrogens with zero attached hydrogens (tertiary/aromatic N) is 2. The molecule has 2 atom stereocenters. The molecule has 0 bridgehead atoms. The maximum atomic E-state index is 12.2. The highest BCUT2D eigenvalue weighted by Gasteiger charge is 2.33. The summed E-state index contributed by atoms with van der Waals surface area (Å²) < 4.78 is 41.4. The van der Waals surface area contributed by atoms with Crippen molar-refractivity contribution in [3.63, 3.8) is 0 Å². The highest BCUT2D eigenvalue weighted by molar-refractivity contribution is 5.80. The number of aliphatic imine (C=N–C) groups is 1. The minimum atomic E-state index is -4.39. The van der Waals surface area contributed by atoms with Gasteiger partial charge < -0.3 is 15.4 Å². The number of hydrogen-bond donors (Lipinski definition) is 2. The first-order chi connectivity index (χ1) is 10.4. The molecule has 1 heterocycles. The van der Waals surface area contributed by atoms with Crippen molar-refractivity contribution in [2.75, 3.05) is 13.7 Å². The van der Waals surface area contributed by atoms with Crippen LogP contribution in [0.25, 0.3) is 0 Å². The van der Waals surface area contributed by atoms with Gasteiger partial charge in [-0.1, -0.05) is 13.0 Å². The first-order valence-electron chi connectivity index (χ1n) is 6.99. The van der Waals surface area contributed by atoms with Gasteiger partial charge in [0, 0.05) is 31.4 Å². The molecule has 0 radical (unpaired) electrons. The number of ether oxygens (including phenoxy) is 1. The quantitative estimate of drug-likeness (QED) is 0.645. The number of rotatable bonds is 5. The fraction of sp³-hybridized carbons (Fsp3) is 0.571. The third-order valence-corrected chi connectivity index (χ3v) is 3.32. The van der Waals surface area contributed by atoms with Gasteiger partial charge in [0.2, 0.25) is 5.88 Å². The summed E-state index contributed by atoms with van der Waals surface area (Å²) in [6.07, 6.45) is -1.90. The molecule has 2 unspecified atom stereocenters. The molecule has 1 aliphatic rings. The molecule has 0 amide bonds. The summed E-state index contributed by atoms with van der Waals surface area (Å²) in [6.45, 7) is 1.06. The van der Waals surface area contributed by atoms with E-state index in [1.54, 1.807) is 19.2 Å². The lowest BCUT2D eigenvalue weighted by Gasteiger charge is -2.14. The molecule has 1 aliphatic carbocycles. The molecule has 1 aromatic rings. The molecule has 5 nitrogen and oxygen atoms in total. The Bertz CT molecular complexity index is 533. The van der Waals surface area contributed by atoms with Crippen molar-refractivity contribution in [1.29, 1.82) is 0 Å². The molecule has 1 aromatic heterocycles. The number of aromatic nitrogens is 1. The second-order valence-electron chi connectivity index (χ2n) is 5.26. The second kappa shape index (κ2) is 6.85. The van der Waals surface area contributed by atoms with Crippen LogP contribution in [0.4, 0.5) is 13.2 Å². The average Bonchev–Trinajstić information content (AvgIpc) is 3.16. The topological polar surface area (TPSA) is 58.5 Å². The van der Waals surface area contributed by atoms with Crippen molar-refractivity contribution in [2.45, 2.75) is 32.1 Å². The van der Waals surface area contributed by atoms with E-state index in [1.165, 1.54) is 6.20 Å². The SMILES string of the molecule is CN=C(NCc1cccnc1OCC(F)(F)F)NC1CC1C. The van der Waals surface area contributed by atoms with E-state index in [1.807, 2.05) is 0 Å². The maximum absolute atomic E-state index is 12.2. The summed E-state index contributed by atoms with van der Waals surface area (Å²) in [6, 6.07) is 3.72. The molecule has 8 heteroatoms. The van der Waals surface area contributed by atoms with Crippen LogP contribution in [-0.4, -0.2) is 36.8 Å². The smallest absolute Gasteiger partial charge is 0.422 e. The first-order valence-corrected chi connectivity index (χ1v) is 6.99. The van der Waals surface area contributed by atoms with Gasteiger partial charge >= 0.3 is 6.18 Å². The Balaban J connectivity index is 1.91. The normalized spacial score (nSPS) is 21.4. The van der Waals surface area contributed by atoms with Crippen molar-refractivity contribution in [2.24, 2.45) is 10.9 Å². The standard InChI is InChI=1S/C14H19F3N4O/c1-9-6-11(9)21-13(18-2)20-7-10-4-3-5-19-12(10)22-8-14(15,16)17/h3-5,9,11H,6-8H2,1-2H3,(H2,18,20,21). The minimum Gasteiger partial charge on any atom is -0.468 e. The minimum absolute atomic E-state index is 0.0254. The van der Waals surface area contributed by atoms with Crippen LogP contribution >= 0.6 is 0 Å². The predicted octanol–water partition coefficient (Wildman–Crippen LogP) is 2.10. The lowest BCUT2D eigenvalue weighted by Crippen LogP contribution is -2.38. The molecule has 1 saturated carbocycles. The molecule has 2 rings (SSSR count). The van der Waals surface area contributed by atoms with E-state index in [4.69, 9.17) is 4.74 Å². The fourth-order valence-corrected chi connectivity index (χ4v) is 1.91. The van der Waals surface area contributed by atoms with Crippen molar-refractivity contribution in [1.82, 2.24) is 15.6 Å². The predicted molar refractivity (Wildman–Crippen MR) is 76.7 cm³/mol. The lowest BCUT2D eigenvalue weighted by atomic mass is 10.2. The summed E-state index contributed by atoms with van der Waals surface area (Å²) >= 11 is 0. The molecule has 122 valence electrons. The van der Waals surface area contributed by atoms with Gasteiger partial charge in [0.05, 0.1) is 0 Å². The monoisotopic (exact) mass is 316 g/mol. The van der Waals surface area contributed by atoms with Crippen LogP contribution in [0.1, 0.15) is 18.9 Å². The molecular weight excluding hydrogens is 297 g/mol. The van der Waals surface area contributed by atoms with E-state index in [9.17, 15) is 13.2 Å². The summed E-state index contributed by atoms with van der Waals surface area (Å²) in [5.41, 5.74) is 0.540. The summed E-state index contributed by atoms with van der Waals surface area (Å²) in [5, 5.41) is 6.29. The summed E-state index contributed by atoms with van der Waals surface area (Å²) in [4.78, 5) is 7.93. The third kappa shape index (κ3) is 5.09. The first kappa shape index (κ1) is 16.4. The Labute approximate surface area is 127 Å². The van der Waals surface area contributed by atoms with Crippen LogP contribution in [0, 0.1) is 5.92 Å². The van der Waals surface area contributed by atoms with Gasteiger partial charge in [-0.15, -0.1) is 0 Å². The largest absolute Gasteiger partial charge is 0.468 e. The molecule has 0 aromatic carbocycles. The fourth-order valence-electron chi connectivity index (χ4n) is 1.91. The zero-order valence-corrected chi connectivity index (χ0v) is 12.4. The number of hydrogen-bond acceptors (Lipinski definition) is 3. The van der Waals surface area contributed by atoms with Gasteiger partial charge in [0.25, 0.3) is 0 Å². The van der Waals surface area contributed by atoms with Crippen LogP contribution in [0.3, 0.4) is 0 Å². The van der Waals surface area contributed by atoms with E-state index < -0.39 is 12.8 Å². The van der Waals surface area contributed by atoms with Crippen LogP contribution in [-0.2, 0) is 6.54 Å². The zero-order chi connectivity index (χ0) is 16.2. The van der Waals surface area contributed by atoms with Gasteiger partial charge in [-0.2, -0.15) is 13.2 Å². The number of nitrogens with one attached hydrogen (secondary N) is 2. The number of pyridine rings is 1. The van der Waals surface area contributed by atoms with Gasteiger partial charge in [-0.3, -0.25) is 4.99 Å². The van der Waals surface area contributed by atoms with Crippen LogP contribution in [0.5, 0.6) is 5.88 Å². The lowest BCUT2D eigenvalue weighted by molar-refractivity contribution is -0.154. The van der Waals surface area contributed by atoms with Gasteiger partial charge in [0.1, 0.15) is 0 Å². The van der Waals surface area contributed by atoms with Crippen LogP contribution in [0.15, 0.2) is 23.3 Å². The van der Waals surface area contributed by atoms with Crippen molar-refractivity contribution >= 4 is 5.96 Å². The van der Waals surface area contributed by atoms with Gasteiger partial charge in [-0.25, -0.2) is 4.98 Å². The molecule has 0 aliphatic heterocycles. The highest BCUT2D eigenvalue weighted by atomic mass is 19.4. The van der Waals surface area contributed by atoms with Gasteiger partial charge in [0.15, 0.2) is 12.6 Å². The van der Waals surface area contributed by atoms with E-state index in [0.717, 1.165) is 6.42 Å². The highest BCUT2D eigenvalue weighted by Crippen LogP contribution is 2.28. The van der Waals surface area contributed by atoms with E-state index in [-0.39, 0.29) is 12.4 Å². The Morgan fingerprint density at radius 2 is 2.23 bits per heavy atom. The zero-order valence-electron chi connectivity index (χ0n) is 12.4. The molecule has 0 spiro atoms. The number of halogens is 3. The van der Waals surface area contributed by atoms with Crippen molar-refractivity contribution in [3.05, 3.63) is 23.9 Å². The third-order valence-electron chi connectivity index (χ3n) is 3.32. The molecule has 22 heavy (non-hydrogen) atoms. The summed E-state index contributed by atoms with van der Waals surface area (Å²) in [5.74, 6) is 1.20. The van der Waals surface area contributed by atoms with E-state index in [0.29, 0.717) is 23.5 Å². The van der Waals surface area contributed by atoms with Crippen LogP contribution in [0.2, 0.25) is 0 Å². The Hall–Kier alpha value is -1.99. The van der Waals surface area contributed by atoms with Crippen LogP contribution < -0.4 is 15.4 Å². The van der Waals surface area contributed by atoms with E-state index >= 15 is 0 Å². The van der Waals surface area contributed by atoms with E-state index in [2.05, 4.69) is 27.5 Å². The average molecular weight is 316 g/mol. The molecular formula is C14H19F3N4O. The van der Waals surface area contributed by atoms with Crippen molar-refractivity contribution in [3.8, 4) is 5.88 Å². The summed E-state index contributed by atoms with van der Waals surface area (Å²) in [7, 11) is 1.65. The Morgan fingerprint density at radius 1 is 1.50 bits per heavy atom. The molecule has 1 fully saturated rings. The molecule has 2 N–H and O–H groups in total. The molecule has 0 saturated heterocycles. The Morgan fingerprint density at radius 3 is 2.82 bits per heavy atom. The maximum Gasteiger partial charge on any atom is 0.422 e. The number of guanidine groups is 1. The van der Waals surface area contributed by atoms with Gasteiger partial charge in [-0.05, 0) is 18.4 Å². The van der Waals surface area contributed by atoms with Crippen molar-refractivity contribution < 1.29 is 17.9 Å².